The number of hydrogen-bond acceptors (Lipinski definition) is 4. The van der Waals surface area contributed by atoms with Crippen molar-refractivity contribution in [3.63, 3.8) is 0 Å². The number of nitriles is 2. The van der Waals surface area contributed by atoms with Gasteiger partial charge in [0.1, 0.15) is 17.7 Å². The summed E-state index contributed by atoms with van der Waals surface area (Å²) in [7, 11) is 0. The van der Waals surface area contributed by atoms with Gasteiger partial charge in [-0.3, -0.25) is 4.79 Å². The first-order chi connectivity index (χ1) is 17.9. The molecule has 5 heteroatoms. The van der Waals surface area contributed by atoms with Crippen molar-refractivity contribution < 1.29 is 4.79 Å². The summed E-state index contributed by atoms with van der Waals surface area (Å²) in [4.78, 5) is 15.7. The number of anilines is 2. The Morgan fingerprint density at radius 2 is 1.65 bits per heavy atom. The number of hydrogen-bond donors (Lipinski definition) is 1. The van der Waals surface area contributed by atoms with Crippen molar-refractivity contribution in [2.24, 2.45) is 11.8 Å². The van der Waals surface area contributed by atoms with E-state index in [4.69, 9.17) is 6.42 Å². The third-order valence-corrected chi connectivity index (χ3v) is 7.09. The van der Waals surface area contributed by atoms with Crippen LogP contribution in [-0.2, 0) is 4.79 Å². The molecule has 0 saturated heterocycles. The van der Waals surface area contributed by atoms with Gasteiger partial charge >= 0.3 is 0 Å². The lowest BCUT2D eigenvalue weighted by Crippen LogP contribution is -2.31. The molecule has 5 nitrogen and oxygen atoms in total. The molecule has 0 aliphatic carbocycles. The molecule has 1 rings (SSSR count). The summed E-state index contributed by atoms with van der Waals surface area (Å²) in [5.74, 6) is 2.76. The quantitative estimate of drug-likeness (QED) is 0.172. The Morgan fingerprint density at radius 3 is 2.19 bits per heavy atom. The summed E-state index contributed by atoms with van der Waals surface area (Å²) in [6.45, 7) is 12.7. The maximum atomic E-state index is 13.3. The van der Waals surface area contributed by atoms with Crippen LogP contribution in [0.25, 0.3) is 5.57 Å². The van der Waals surface area contributed by atoms with Gasteiger partial charge in [0, 0.05) is 30.3 Å². The Bertz CT molecular complexity index is 989. The topological polar surface area (TPSA) is 79.9 Å². The highest BCUT2D eigenvalue weighted by molar-refractivity contribution is 5.99. The van der Waals surface area contributed by atoms with Gasteiger partial charge in [0.2, 0.25) is 5.91 Å². The molecule has 0 heterocycles. The predicted octanol–water partition coefficient (Wildman–Crippen LogP) is 8.10. The van der Waals surface area contributed by atoms with E-state index in [1.165, 1.54) is 19.3 Å². The molecule has 37 heavy (non-hydrogen) atoms. The van der Waals surface area contributed by atoms with E-state index in [1.807, 2.05) is 31.2 Å². The number of rotatable bonds is 17. The zero-order chi connectivity index (χ0) is 27.6. The Labute approximate surface area is 225 Å². The lowest BCUT2D eigenvalue weighted by Gasteiger charge is -2.30. The molecule has 0 saturated carbocycles. The fraction of sp³-hybridized carbons (Fsp3) is 0.594. The van der Waals surface area contributed by atoms with Crippen molar-refractivity contribution in [3.8, 4) is 24.5 Å². The van der Waals surface area contributed by atoms with Crippen LogP contribution < -0.4 is 10.2 Å². The molecule has 0 aliphatic rings. The number of allylic oxidation sites excluding steroid dienone is 2. The smallest absolute Gasteiger partial charge is 0.227 e. The maximum Gasteiger partial charge on any atom is 0.227 e. The molecule has 0 bridgehead atoms. The number of benzene rings is 1. The number of nitrogens with one attached hydrogen (secondary N) is 1. The van der Waals surface area contributed by atoms with Gasteiger partial charge in [-0.25, -0.2) is 0 Å². The zero-order valence-electron chi connectivity index (χ0n) is 23.7. The highest BCUT2D eigenvalue weighted by atomic mass is 16.1. The first-order valence-electron chi connectivity index (χ1n) is 14.1. The first kappa shape index (κ1) is 31.8. The van der Waals surface area contributed by atoms with E-state index in [1.54, 1.807) is 0 Å². The number of nitrogens with zero attached hydrogens (tertiary/aromatic N) is 3. The van der Waals surface area contributed by atoms with Crippen LogP contribution in [0.4, 0.5) is 11.4 Å². The minimum Gasteiger partial charge on any atom is -0.371 e. The van der Waals surface area contributed by atoms with Gasteiger partial charge in [-0.05, 0) is 49.8 Å². The van der Waals surface area contributed by atoms with Gasteiger partial charge in [0.05, 0.1) is 11.3 Å². The van der Waals surface area contributed by atoms with Crippen molar-refractivity contribution >= 4 is 22.9 Å². The Morgan fingerprint density at radius 1 is 0.973 bits per heavy atom. The van der Waals surface area contributed by atoms with Gasteiger partial charge < -0.3 is 10.2 Å². The maximum absolute atomic E-state index is 13.3. The standard InChI is InChI=1S/C32H46N4O/c1-7-13-16-25(10-4)24-36(20-15-9-3)28-18-19-29(30(23-34)27(12-6)22-33)31(21-28)35-32(37)26(11-5)17-14-8-2/h6,18-19,21,25-26H,7-11,13-17,20,24H2,1-5H3,(H,35,37)/b30-27+. The number of carbonyl (C=O) groups is 1. The van der Waals surface area contributed by atoms with E-state index < -0.39 is 0 Å². The normalized spacial score (nSPS) is 12.9. The van der Waals surface area contributed by atoms with Crippen LogP contribution >= 0.6 is 0 Å². The highest BCUT2D eigenvalue weighted by Gasteiger charge is 2.21. The fourth-order valence-electron chi connectivity index (χ4n) is 4.57. The average molecular weight is 503 g/mol. The lowest BCUT2D eigenvalue weighted by molar-refractivity contribution is -0.120. The molecule has 1 amide bonds. The van der Waals surface area contributed by atoms with Crippen LogP contribution in [0.5, 0.6) is 0 Å². The fourth-order valence-corrected chi connectivity index (χ4v) is 4.57. The summed E-state index contributed by atoms with van der Waals surface area (Å²) in [6.07, 6.45) is 16.0. The first-order valence-corrected chi connectivity index (χ1v) is 14.1. The van der Waals surface area contributed by atoms with Crippen LogP contribution in [0.2, 0.25) is 0 Å². The molecule has 0 fully saturated rings. The second kappa shape index (κ2) is 18.1. The molecule has 0 aromatic heterocycles. The van der Waals surface area contributed by atoms with E-state index in [9.17, 15) is 15.3 Å². The second-order valence-electron chi connectivity index (χ2n) is 9.80. The van der Waals surface area contributed by atoms with E-state index in [0.29, 0.717) is 17.2 Å². The molecular formula is C32H46N4O. The summed E-state index contributed by atoms with van der Waals surface area (Å²) in [6, 6.07) is 9.85. The summed E-state index contributed by atoms with van der Waals surface area (Å²) in [5.41, 5.74) is 2.13. The molecule has 2 atom stereocenters. The molecule has 1 aromatic carbocycles. The van der Waals surface area contributed by atoms with Crippen molar-refractivity contribution in [2.45, 2.75) is 98.8 Å². The summed E-state index contributed by atoms with van der Waals surface area (Å²) >= 11 is 0. The Balaban J connectivity index is 3.58. The summed E-state index contributed by atoms with van der Waals surface area (Å²) < 4.78 is 0. The Hall–Kier alpha value is -3.23. The van der Waals surface area contributed by atoms with Crippen LogP contribution in [0.3, 0.4) is 0 Å². The third kappa shape index (κ3) is 9.98. The van der Waals surface area contributed by atoms with Gasteiger partial charge in [-0.15, -0.1) is 6.42 Å². The predicted molar refractivity (Wildman–Crippen MR) is 156 cm³/mol. The highest BCUT2D eigenvalue weighted by Crippen LogP contribution is 2.32. The number of amides is 1. The third-order valence-electron chi connectivity index (χ3n) is 7.09. The molecule has 1 aromatic rings. The molecule has 0 radical (unpaired) electrons. The largest absolute Gasteiger partial charge is 0.371 e. The van der Waals surface area contributed by atoms with Gasteiger partial charge in [0.25, 0.3) is 0 Å². The second-order valence-corrected chi connectivity index (χ2v) is 9.80. The number of carbonyl (C=O) groups excluding carboxylic acids is 1. The minimum atomic E-state index is -0.108. The van der Waals surface area contributed by atoms with Crippen LogP contribution in [-0.4, -0.2) is 19.0 Å². The van der Waals surface area contributed by atoms with Crippen molar-refractivity contribution in [1.82, 2.24) is 0 Å². The van der Waals surface area contributed by atoms with E-state index in [0.717, 1.165) is 63.7 Å². The van der Waals surface area contributed by atoms with E-state index in [2.05, 4.69) is 49.9 Å². The van der Waals surface area contributed by atoms with Gasteiger partial charge in [-0.1, -0.05) is 79.1 Å². The molecule has 200 valence electrons. The number of terminal acetylenes is 1. The molecule has 0 spiro atoms. The van der Waals surface area contributed by atoms with Crippen LogP contribution in [0, 0.1) is 46.8 Å². The number of unbranched alkanes of at least 4 members (excludes halogenated alkanes) is 3. The van der Waals surface area contributed by atoms with E-state index >= 15 is 0 Å². The average Bonchev–Trinajstić information content (AvgIpc) is 2.92. The zero-order valence-corrected chi connectivity index (χ0v) is 23.7. The molecule has 2 unspecified atom stereocenters. The summed E-state index contributed by atoms with van der Waals surface area (Å²) in [5, 5.41) is 22.5. The van der Waals surface area contributed by atoms with Crippen LogP contribution in [0.1, 0.15) is 104 Å². The monoisotopic (exact) mass is 502 g/mol. The molecule has 1 N–H and O–H groups in total. The van der Waals surface area contributed by atoms with E-state index in [-0.39, 0.29) is 23.0 Å². The van der Waals surface area contributed by atoms with Crippen molar-refractivity contribution in [1.29, 1.82) is 10.5 Å². The van der Waals surface area contributed by atoms with Crippen LogP contribution in [0.15, 0.2) is 23.8 Å². The SMILES string of the molecule is C#C/C(C#N)=C(/C#N)c1ccc(N(CCCC)CC(CC)CCCC)cc1NC(=O)C(CC)CCCC. The van der Waals surface area contributed by atoms with Gasteiger partial charge in [0.15, 0.2) is 0 Å². The Kier molecular flexibility index (Phi) is 15.5. The van der Waals surface area contributed by atoms with Crippen molar-refractivity contribution in [2.75, 3.05) is 23.3 Å². The molecular weight excluding hydrogens is 456 g/mol. The van der Waals surface area contributed by atoms with Gasteiger partial charge in [-0.2, -0.15) is 10.5 Å². The minimum absolute atomic E-state index is 0.0303. The van der Waals surface area contributed by atoms with Crippen molar-refractivity contribution in [3.05, 3.63) is 29.3 Å². The molecule has 0 aliphatic heterocycles. The lowest BCUT2D eigenvalue weighted by atomic mass is 9.95.